The maximum absolute atomic E-state index is 12.2. The molecule has 0 aliphatic carbocycles. The first kappa shape index (κ1) is 16.1. The lowest BCUT2D eigenvalue weighted by Crippen LogP contribution is -2.70. The van der Waals surface area contributed by atoms with Crippen molar-refractivity contribution < 1.29 is 24.2 Å². The van der Waals surface area contributed by atoms with E-state index < -0.39 is 12.0 Å². The first-order valence-electron chi connectivity index (χ1n) is 7.46. The predicted octanol–water partition coefficient (Wildman–Crippen LogP) is 0.480. The smallest absolute Gasteiger partial charge is 0.352 e. The number of β-lactam (4-membered cyclic amide) rings is 1. The second-order valence-electron chi connectivity index (χ2n) is 5.72. The van der Waals surface area contributed by atoms with Crippen LogP contribution < -0.4 is 5.32 Å². The van der Waals surface area contributed by atoms with Crippen molar-refractivity contribution >= 4 is 29.5 Å². The summed E-state index contributed by atoms with van der Waals surface area (Å²) < 4.78 is 5.29. The van der Waals surface area contributed by atoms with E-state index in [9.17, 15) is 19.5 Å². The second-order valence-corrected chi connectivity index (χ2v) is 7.22. The summed E-state index contributed by atoms with van der Waals surface area (Å²) in [6.07, 6.45) is 4.55. The van der Waals surface area contributed by atoms with Crippen molar-refractivity contribution in [3.05, 3.63) is 23.4 Å². The number of carbonyl (C=O) groups is 3. The molecule has 8 heteroatoms. The largest absolute Gasteiger partial charge is 0.477 e. The molecule has 0 aromatic heterocycles. The van der Waals surface area contributed by atoms with Crippen LogP contribution in [0.15, 0.2) is 23.4 Å². The molecule has 1 saturated heterocycles. The SMILES string of the molecule is CC1C=C(C(=O)O)N2C(=O)C(NC(=O)CC3=CCCOC3)[C@@H]2S1. The fourth-order valence-corrected chi connectivity index (χ4v) is 4.22. The van der Waals surface area contributed by atoms with E-state index in [-0.39, 0.29) is 34.6 Å². The van der Waals surface area contributed by atoms with Crippen LogP contribution in [0.2, 0.25) is 0 Å². The maximum Gasteiger partial charge on any atom is 0.352 e. The monoisotopic (exact) mass is 338 g/mol. The number of carboxylic acid groups (broad SMARTS) is 1. The van der Waals surface area contributed by atoms with Gasteiger partial charge in [0.15, 0.2) is 0 Å². The normalized spacial score (nSPS) is 29.9. The third kappa shape index (κ3) is 3.13. The quantitative estimate of drug-likeness (QED) is 0.572. The summed E-state index contributed by atoms with van der Waals surface area (Å²) in [6.45, 7) is 2.98. The summed E-state index contributed by atoms with van der Waals surface area (Å²) >= 11 is 1.47. The molecule has 3 aliphatic heterocycles. The second kappa shape index (κ2) is 6.37. The van der Waals surface area contributed by atoms with E-state index in [1.54, 1.807) is 6.08 Å². The molecule has 0 spiro atoms. The highest BCUT2D eigenvalue weighted by atomic mass is 32.2. The molecule has 0 aromatic rings. The highest BCUT2D eigenvalue weighted by Gasteiger charge is 2.53. The Morgan fingerprint density at radius 2 is 2.30 bits per heavy atom. The van der Waals surface area contributed by atoms with Gasteiger partial charge in [-0.05, 0) is 25.0 Å². The van der Waals surface area contributed by atoms with Crippen molar-refractivity contribution in [2.24, 2.45) is 0 Å². The molecule has 7 nitrogen and oxygen atoms in total. The van der Waals surface area contributed by atoms with Gasteiger partial charge in [-0.25, -0.2) is 4.79 Å². The molecule has 2 unspecified atom stereocenters. The topological polar surface area (TPSA) is 95.9 Å². The Balaban J connectivity index is 1.63. The zero-order valence-corrected chi connectivity index (χ0v) is 13.5. The predicted molar refractivity (Wildman–Crippen MR) is 83.5 cm³/mol. The molecular formula is C15H18N2O5S. The van der Waals surface area contributed by atoms with Crippen molar-refractivity contribution in [3.63, 3.8) is 0 Å². The average molecular weight is 338 g/mol. The van der Waals surface area contributed by atoms with Gasteiger partial charge in [0.05, 0.1) is 13.2 Å². The number of rotatable bonds is 4. The Kier molecular flexibility index (Phi) is 4.45. The summed E-state index contributed by atoms with van der Waals surface area (Å²) in [6, 6.07) is -0.664. The van der Waals surface area contributed by atoms with Gasteiger partial charge in [-0.3, -0.25) is 14.5 Å². The fourth-order valence-electron chi connectivity index (χ4n) is 2.89. The zero-order chi connectivity index (χ0) is 16.6. The van der Waals surface area contributed by atoms with E-state index in [0.717, 1.165) is 12.0 Å². The van der Waals surface area contributed by atoms with E-state index in [1.165, 1.54) is 16.7 Å². The van der Waals surface area contributed by atoms with Crippen molar-refractivity contribution in [3.8, 4) is 0 Å². The van der Waals surface area contributed by atoms with Crippen molar-refractivity contribution in [2.75, 3.05) is 13.2 Å². The van der Waals surface area contributed by atoms with Crippen LogP contribution in [-0.2, 0) is 19.1 Å². The van der Waals surface area contributed by atoms with Gasteiger partial charge in [0.25, 0.3) is 5.91 Å². The Bertz CT molecular complexity index is 615. The number of carbonyl (C=O) groups excluding carboxylic acids is 2. The summed E-state index contributed by atoms with van der Waals surface area (Å²) in [7, 11) is 0. The van der Waals surface area contributed by atoms with E-state index in [0.29, 0.717) is 13.2 Å². The summed E-state index contributed by atoms with van der Waals surface area (Å²) in [5, 5.41) is 11.5. The number of nitrogens with one attached hydrogen (secondary N) is 1. The number of hydrogen-bond acceptors (Lipinski definition) is 5. The van der Waals surface area contributed by atoms with E-state index in [4.69, 9.17) is 4.74 Å². The van der Waals surface area contributed by atoms with Gasteiger partial charge < -0.3 is 15.2 Å². The lowest BCUT2D eigenvalue weighted by molar-refractivity contribution is -0.150. The summed E-state index contributed by atoms with van der Waals surface area (Å²) in [5.74, 6) is -1.73. The minimum atomic E-state index is -1.12. The van der Waals surface area contributed by atoms with Gasteiger partial charge in [-0.1, -0.05) is 6.08 Å². The van der Waals surface area contributed by atoms with Crippen LogP contribution in [0.3, 0.4) is 0 Å². The highest BCUT2D eigenvalue weighted by Crippen LogP contribution is 2.40. The molecular weight excluding hydrogens is 320 g/mol. The molecule has 3 rings (SSSR count). The van der Waals surface area contributed by atoms with Crippen LogP contribution in [0, 0.1) is 0 Å². The molecule has 0 aromatic carbocycles. The number of ether oxygens (including phenoxy) is 1. The van der Waals surface area contributed by atoms with Crippen molar-refractivity contribution in [1.29, 1.82) is 0 Å². The average Bonchev–Trinajstić information content (AvgIpc) is 2.52. The van der Waals surface area contributed by atoms with Crippen molar-refractivity contribution in [1.82, 2.24) is 10.2 Å². The van der Waals surface area contributed by atoms with E-state index in [2.05, 4.69) is 5.32 Å². The number of hydrogen-bond donors (Lipinski definition) is 2. The minimum absolute atomic E-state index is 0.000128. The highest BCUT2D eigenvalue weighted by molar-refractivity contribution is 8.00. The maximum atomic E-state index is 12.2. The summed E-state index contributed by atoms with van der Waals surface area (Å²) in [5.41, 5.74) is 0.910. The lowest BCUT2D eigenvalue weighted by atomic mass is 10.0. The van der Waals surface area contributed by atoms with Crippen LogP contribution in [0.4, 0.5) is 0 Å². The first-order valence-corrected chi connectivity index (χ1v) is 8.40. The van der Waals surface area contributed by atoms with Gasteiger partial charge in [-0.2, -0.15) is 0 Å². The standard InChI is InChI=1S/C15H18N2O5S/c1-8-5-10(15(20)21)17-13(19)12(14(17)23-8)16-11(18)6-9-3-2-4-22-7-9/h3,5,8,12,14H,2,4,6-7H2,1H3,(H,16,18)(H,20,21)/t8?,12?,14-/m0/s1. The van der Waals surface area contributed by atoms with Crippen LogP contribution >= 0.6 is 11.8 Å². The number of fused-ring (bicyclic) bond motifs is 1. The molecule has 2 N–H and O–H groups in total. The zero-order valence-electron chi connectivity index (χ0n) is 12.7. The number of aliphatic carboxylic acids is 1. The lowest BCUT2D eigenvalue weighted by Gasteiger charge is -2.49. The van der Waals surface area contributed by atoms with Crippen molar-refractivity contribution in [2.45, 2.75) is 36.4 Å². The van der Waals surface area contributed by atoms with E-state index in [1.807, 2.05) is 13.0 Å². The Morgan fingerprint density at radius 1 is 1.52 bits per heavy atom. The Morgan fingerprint density at radius 3 is 2.96 bits per heavy atom. The van der Waals surface area contributed by atoms with Crippen LogP contribution in [-0.4, -0.2) is 57.7 Å². The number of nitrogens with zero attached hydrogens (tertiary/aromatic N) is 1. The van der Waals surface area contributed by atoms with Gasteiger partial charge in [0.1, 0.15) is 17.1 Å². The van der Waals surface area contributed by atoms with Crippen LogP contribution in [0.5, 0.6) is 0 Å². The third-order valence-corrected chi connectivity index (χ3v) is 5.28. The first-order chi connectivity index (χ1) is 11.0. The molecule has 3 aliphatic rings. The third-order valence-electron chi connectivity index (χ3n) is 3.96. The number of carboxylic acids is 1. The van der Waals surface area contributed by atoms with Gasteiger partial charge in [0, 0.05) is 11.7 Å². The molecule has 1 fully saturated rings. The molecule has 124 valence electrons. The van der Waals surface area contributed by atoms with Gasteiger partial charge in [0.2, 0.25) is 5.91 Å². The minimum Gasteiger partial charge on any atom is -0.477 e. The van der Waals surface area contributed by atoms with Crippen LogP contribution in [0.25, 0.3) is 0 Å². The summed E-state index contributed by atoms with van der Waals surface area (Å²) in [4.78, 5) is 36.8. The van der Waals surface area contributed by atoms with E-state index >= 15 is 0 Å². The Hall–Kier alpha value is -1.80. The molecule has 3 atom stereocenters. The molecule has 0 saturated carbocycles. The molecule has 0 radical (unpaired) electrons. The van der Waals surface area contributed by atoms with Gasteiger partial charge in [-0.15, -0.1) is 11.8 Å². The molecule has 23 heavy (non-hydrogen) atoms. The fraction of sp³-hybridized carbons (Fsp3) is 0.533. The van der Waals surface area contributed by atoms with Gasteiger partial charge >= 0.3 is 5.97 Å². The Labute approximate surface area is 137 Å². The number of amides is 2. The molecule has 0 bridgehead atoms. The molecule has 2 amide bonds. The molecule has 3 heterocycles. The van der Waals surface area contributed by atoms with Crippen LogP contribution in [0.1, 0.15) is 19.8 Å². The number of thioether (sulfide) groups is 1.